The van der Waals surface area contributed by atoms with E-state index in [0.29, 0.717) is 6.61 Å². The summed E-state index contributed by atoms with van der Waals surface area (Å²) in [5.74, 6) is 1.64. The topological polar surface area (TPSA) is 18.5 Å². The van der Waals surface area contributed by atoms with Crippen LogP contribution in [0.25, 0.3) is 0 Å². The normalized spacial score (nSPS) is 10.3. The molecule has 2 aromatic rings. The first kappa shape index (κ1) is 14.4. The Morgan fingerprint density at radius 3 is 2.63 bits per heavy atom. The monoisotopic (exact) mass is 384 g/mol. The fourth-order valence-corrected chi connectivity index (χ4v) is 2.60. The van der Waals surface area contributed by atoms with Crippen LogP contribution in [-0.2, 0) is 11.9 Å². The lowest BCUT2D eigenvalue weighted by atomic mass is 10.2. The van der Waals surface area contributed by atoms with Crippen molar-refractivity contribution in [2.75, 3.05) is 7.11 Å². The van der Waals surface area contributed by atoms with E-state index in [9.17, 15) is 0 Å². The Hall–Kier alpha value is -1.00. The fraction of sp³-hybridized carbons (Fsp3) is 0.200. The van der Waals surface area contributed by atoms with Crippen molar-refractivity contribution in [3.63, 3.8) is 0 Å². The number of alkyl halides is 1. The van der Waals surface area contributed by atoms with E-state index < -0.39 is 0 Å². The molecule has 4 heteroatoms. The molecule has 0 amide bonds. The Labute approximate surface area is 130 Å². The molecule has 2 aromatic carbocycles. The van der Waals surface area contributed by atoms with E-state index in [1.54, 1.807) is 7.11 Å². The van der Waals surface area contributed by atoms with Gasteiger partial charge in [-0.1, -0.05) is 50.1 Å². The van der Waals surface area contributed by atoms with Gasteiger partial charge in [-0.3, -0.25) is 0 Å². The van der Waals surface area contributed by atoms with Crippen molar-refractivity contribution in [1.82, 2.24) is 0 Å². The highest BCUT2D eigenvalue weighted by atomic mass is 79.9. The van der Waals surface area contributed by atoms with Crippen LogP contribution in [0.1, 0.15) is 11.1 Å². The van der Waals surface area contributed by atoms with E-state index in [1.165, 1.54) is 0 Å². The zero-order valence-corrected chi connectivity index (χ0v) is 13.7. The first-order valence-corrected chi connectivity index (χ1v) is 7.74. The molecule has 0 bridgehead atoms. The van der Waals surface area contributed by atoms with Gasteiger partial charge < -0.3 is 9.47 Å². The van der Waals surface area contributed by atoms with E-state index in [4.69, 9.17) is 9.47 Å². The van der Waals surface area contributed by atoms with Crippen molar-refractivity contribution in [2.24, 2.45) is 0 Å². The first-order chi connectivity index (χ1) is 9.22. The van der Waals surface area contributed by atoms with E-state index in [1.807, 2.05) is 42.5 Å². The number of halogens is 2. The number of ether oxygens (including phenoxy) is 2. The predicted octanol–water partition coefficient (Wildman–Crippen LogP) is 4.93. The van der Waals surface area contributed by atoms with Crippen LogP contribution in [0.5, 0.6) is 11.5 Å². The first-order valence-electron chi connectivity index (χ1n) is 5.83. The molecule has 0 aliphatic heterocycles. The maximum Gasteiger partial charge on any atom is 0.127 e. The molecule has 0 radical (unpaired) electrons. The summed E-state index contributed by atoms with van der Waals surface area (Å²) in [6.07, 6.45) is 0. The van der Waals surface area contributed by atoms with Crippen molar-refractivity contribution >= 4 is 31.9 Å². The minimum absolute atomic E-state index is 0.534. The smallest absolute Gasteiger partial charge is 0.127 e. The number of benzene rings is 2. The maximum atomic E-state index is 5.88. The van der Waals surface area contributed by atoms with Gasteiger partial charge in [-0.2, -0.15) is 0 Å². The van der Waals surface area contributed by atoms with Crippen LogP contribution in [0.2, 0.25) is 0 Å². The second kappa shape index (κ2) is 6.96. The van der Waals surface area contributed by atoms with Crippen molar-refractivity contribution in [3.8, 4) is 11.5 Å². The molecule has 0 unspecified atom stereocenters. The molecular weight excluding hydrogens is 372 g/mol. The van der Waals surface area contributed by atoms with Crippen LogP contribution < -0.4 is 9.47 Å². The van der Waals surface area contributed by atoms with Gasteiger partial charge in [-0.15, -0.1) is 0 Å². The lowest BCUT2D eigenvalue weighted by Gasteiger charge is -2.12. The number of hydrogen-bond donors (Lipinski definition) is 0. The van der Waals surface area contributed by atoms with Crippen LogP contribution in [0, 0.1) is 0 Å². The molecule has 0 saturated heterocycles. The summed E-state index contributed by atoms with van der Waals surface area (Å²) in [7, 11) is 1.65. The average molecular weight is 386 g/mol. The van der Waals surface area contributed by atoms with Crippen LogP contribution in [0.15, 0.2) is 46.9 Å². The highest BCUT2D eigenvalue weighted by Gasteiger charge is 2.05. The molecule has 0 aliphatic rings. The Balaban J connectivity index is 2.14. The Morgan fingerprint density at radius 2 is 1.95 bits per heavy atom. The number of hydrogen-bond acceptors (Lipinski definition) is 2. The molecule has 0 aliphatic carbocycles. The second-order valence-electron chi connectivity index (χ2n) is 4.03. The predicted molar refractivity (Wildman–Crippen MR) is 84.1 cm³/mol. The second-order valence-corrected chi connectivity index (χ2v) is 5.50. The third-order valence-electron chi connectivity index (χ3n) is 2.70. The zero-order valence-electron chi connectivity index (χ0n) is 10.5. The molecule has 0 heterocycles. The van der Waals surface area contributed by atoms with Gasteiger partial charge in [0.2, 0.25) is 0 Å². The molecule has 0 saturated carbocycles. The van der Waals surface area contributed by atoms with Crippen LogP contribution in [0.4, 0.5) is 0 Å². The average Bonchev–Trinajstić information content (AvgIpc) is 2.45. The molecule has 0 aromatic heterocycles. The summed E-state index contributed by atoms with van der Waals surface area (Å²) >= 11 is 6.92. The Bertz CT molecular complexity index is 556. The largest absolute Gasteiger partial charge is 0.497 e. The highest BCUT2D eigenvalue weighted by molar-refractivity contribution is 9.10. The van der Waals surface area contributed by atoms with Crippen LogP contribution in [0.3, 0.4) is 0 Å². The standard InChI is InChI=1S/C15H14Br2O2/c1-18-14-6-5-12(9-16)15(8-14)19-10-11-3-2-4-13(17)7-11/h2-8H,9-10H2,1H3. The van der Waals surface area contributed by atoms with Gasteiger partial charge >= 0.3 is 0 Å². The number of methoxy groups -OCH3 is 1. The van der Waals surface area contributed by atoms with Gasteiger partial charge in [-0.05, 0) is 23.8 Å². The molecule has 0 atom stereocenters. The summed E-state index contributed by atoms with van der Waals surface area (Å²) in [6.45, 7) is 0.534. The number of rotatable bonds is 5. The van der Waals surface area contributed by atoms with Crippen LogP contribution >= 0.6 is 31.9 Å². The molecule has 2 nitrogen and oxygen atoms in total. The lowest BCUT2D eigenvalue weighted by molar-refractivity contribution is 0.301. The van der Waals surface area contributed by atoms with Crippen molar-refractivity contribution in [1.29, 1.82) is 0 Å². The molecule has 0 spiro atoms. The van der Waals surface area contributed by atoms with Gasteiger partial charge in [0.1, 0.15) is 18.1 Å². The molecule has 2 rings (SSSR count). The van der Waals surface area contributed by atoms with Gasteiger partial charge in [-0.25, -0.2) is 0 Å². The Kier molecular flexibility index (Phi) is 5.28. The maximum absolute atomic E-state index is 5.88. The van der Waals surface area contributed by atoms with E-state index >= 15 is 0 Å². The molecule has 100 valence electrons. The summed E-state index contributed by atoms with van der Waals surface area (Å²) in [5, 5.41) is 0.755. The van der Waals surface area contributed by atoms with Crippen molar-refractivity contribution in [2.45, 2.75) is 11.9 Å². The van der Waals surface area contributed by atoms with Gasteiger partial charge in [0.25, 0.3) is 0 Å². The molecule has 19 heavy (non-hydrogen) atoms. The third kappa shape index (κ3) is 3.98. The summed E-state index contributed by atoms with van der Waals surface area (Å²) in [5.41, 5.74) is 2.23. The summed E-state index contributed by atoms with van der Waals surface area (Å²) < 4.78 is 12.2. The van der Waals surface area contributed by atoms with Crippen molar-refractivity contribution < 1.29 is 9.47 Å². The van der Waals surface area contributed by atoms with E-state index in [0.717, 1.165) is 32.4 Å². The molecule has 0 N–H and O–H groups in total. The quantitative estimate of drug-likeness (QED) is 0.679. The van der Waals surface area contributed by atoms with Gasteiger partial charge in [0, 0.05) is 21.4 Å². The van der Waals surface area contributed by atoms with Crippen LogP contribution in [-0.4, -0.2) is 7.11 Å². The molecular formula is C15H14Br2O2. The third-order valence-corrected chi connectivity index (χ3v) is 3.80. The summed E-state index contributed by atoms with van der Waals surface area (Å²) in [6, 6.07) is 13.9. The minimum atomic E-state index is 0.534. The Morgan fingerprint density at radius 1 is 1.11 bits per heavy atom. The molecule has 0 fully saturated rings. The minimum Gasteiger partial charge on any atom is -0.497 e. The van der Waals surface area contributed by atoms with Crippen molar-refractivity contribution in [3.05, 3.63) is 58.1 Å². The van der Waals surface area contributed by atoms with Gasteiger partial charge in [0.15, 0.2) is 0 Å². The lowest BCUT2D eigenvalue weighted by Crippen LogP contribution is -1.98. The highest BCUT2D eigenvalue weighted by Crippen LogP contribution is 2.27. The fourth-order valence-electron chi connectivity index (χ4n) is 1.69. The summed E-state index contributed by atoms with van der Waals surface area (Å²) in [4.78, 5) is 0. The SMILES string of the molecule is COc1ccc(CBr)c(OCc2cccc(Br)c2)c1. The van der Waals surface area contributed by atoms with E-state index in [-0.39, 0.29) is 0 Å². The zero-order chi connectivity index (χ0) is 13.7. The van der Waals surface area contributed by atoms with Gasteiger partial charge in [0.05, 0.1) is 7.11 Å². The van der Waals surface area contributed by atoms with E-state index in [2.05, 4.69) is 31.9 Å².